The van der Waals surface area contributed by atoms with Crippen LogP contribution in [0.25, 0.3) is 23.1 Å². The van der Waals surface area contributed by atoms with E-state index in [2.05, 4.69) is 34.1 Å². The fourth-order valence-electron chi connectivity index (χ4n) is 2.67. The first-order chi connectivity index (χ1) is 11.6. The molecule has 3 aromatic rings. The van der Waals surface area contributed by atoms with Gasteiger partial charge in [-0.1, -0.05) is 30.3 Å². The summed E-state index contributed by atoms with van der Waals surface area (Å²) < 4.78 is 1.70. The van der Waals surface area contributed by atoms with Gasteiger partial charge in [0.2, 0.25) is 0 Å². The van der Waals surface area contributed by atoms with Crippen molar-refractivity contribution < 1.29 is 0 Å². The second kappa shape index (κ2) is 6.71. The molecule has 24 heavy (non-hydrogen) atoms. The lowest BCUT2D eigenvalue weighted by atomic mass is 10.2. The third kappa shape index (κ3) is 3.08. The summed E-state index contributed by atoms with van der Waals surface area (Å²) in [6.07, 6.45) is 3.89. The number of benzene rings is 2. The summed E-state index contributed by atoms with van der Waals surface area (Å²) in [7, 11) is 4.04. The number of hydrogen-bond donors (Lipinski definition) is 0. The van der Waals surface area contributed by atoms with Crippen molar-refractivity contribution >= 4 is 28.7 Å². The van der Waals surface area contributed by atoms with E-state index in [1.165, 1.54) is 0 Å². The molecule has 0 spiro atoms. The van der Waals surface area contributed by atoms with Crippen molar-refractivity contribution in [3.63, 3.8) is 0 Å². The number of rotatable bonds is 4. The van der Waals surface area contributed by atoms with Crippen molar-refractivity contribution in [2.45, 2.75) is 13.5 Å². The number of nitrogens with zero attached hydrogens (tertiary/aromatic N) is 3. The van der Waals surface area contributed by atoms with Gasteiger partial charge in [0.15, 0.2) is 0 Å². The molecule has 0 aliphatic rings. The molecule has 4 heteroatoms. The summed E-state index contributed by atoms with van der Waals surface area (Å²) in [6.45, 7) is 2.55. The van der Waals surface area contributed by atoms with Crippen LogP contribution in [0.3, 0.4) is 0 Å². The molecule has 0 saturated heterocycles. The molecule has 122 valence electrons. The molecule has 0 aliphatic heterocycles. The van der Waals surface area contributed by atoms with Crippen LogP contribution in [-0.2, 0) is 6.54 Å². The van der Waals surface area contributed by atoms with E-state index >= 15 is 0 Å². The molecule has 1 aromatic heterocycles. The van der Waals surface area contributed by atoms with E-state index in [-0.39, 0.29) is 5.56 Å². The Morgan fingerprint density at radius 3 is 2.42 bits per heavy atom. The van der Waals surface area contributed by atoms with Crippen LogP contribution in [0, 0.1) is 0 Å². The van der Waals surface area contributed by atoms with E-state index in [0.717, 1.165) is 16.8 Å². The Bertz CT molecular complexity index is 937. The van der Waals surface area contributed by atoms with Gasteiger partial charge < -0.3 is 4.90 Å². The summed E-state index contributed by atoms with van der Waals surface area (Å²) in [5, 5.41) is 0.659. The maximum absolute atomic E-state index is 12.6. The first-order valence-electron chi connectivity index (χ1n) is 8.05. The molecule has 0 unspecified atom stereocenters. The van der Waals surface area contributed by atoms with Gasteiger partial charge in [0.25, 0.3) is 5.56 Å². The van der Waals surface area contributed by atoms with Gasteiger partial charge in [0, 0.05) is 26.3 Å². The third-order valence-electron chi connectivity index (χ3n) is 4.04. The largest absolute Gasteiger partial charge is 0.378 e. The normalized spacial score (nSPS) is 11.3. The molecule has 3 rings (SSSR count). The van der Waals surface area contributed by atoms with E-state index in [4.69, 9.17) is 0 Å². The van der Waals surface area contributed by atoms with Crippen molar-refractivity contribution in [2.75, 3.05) is 19.0 Å². The van der Waals surface area contributed by atoms with E-state index in [1.807, 2.05) is 57.4 Å². The quantitative estimate of drug-likeness (QED) is 0.737. The second-order valence-electron chi connectivity index (χ2n) is 5.86. The monoisotopic (exact) mass is 319 g/mol. The zero-order valence-corrected chi connectivity index (χ0v) is 14.2. The van der Waals surface area contributed by atoms with Crippen LogP contribution in [0.2, 0.25) is 0 Å². The molecular weight excluding hydrogens is 298 g/mol. The van der Waals surface area contributed by atoms with Gasteiger partial charge in [-0.25, -0.2) is 4.98 Å². The van der Waals surface area contributed by atoms with Crippen molar-refractivity contribution in [3.05, 3.63) is 70.3 Å². The Balaban J connectivity index is 2.01. The maximum Gasteiger partial charge on any atom is 0.261 e. The number of anilines is 1. The lowest BCUT2D eigenvalue weighted by molar-refractivity contribution is 0.708. The molecule has 0 bridgehead atoms. The van der Waals surface area contributed by atoms with Gasteiger partial charge >= 0.3 is 0 Å². The molecule has 0 saturated carbocycles. The van der Waals surface area contributed by atoms with Gasteiger partial charge in [0.05, 0.1) is 10.9 Å². The molecule has 4 nitrogen and oxygen atoms in total. The molecule has 1 heterocycles. The minimum Gasteiger partial charge on any atom is -0.378 e. The third-order valence-corrected chi connectivity index (χ3v) is 4.04. The van der Waals surface area contributed by atoms with Gasteiger partial charge in [-0.2, -0.15) is 0 Å². The Morgan fingerprint density at radius 1 is 1.04 bits per heavy atom. The molecule has 0 aliphatic carbocycles. The van der Waals surface area contributed by atoms with Crippen LogP contribution < -0.4 is 10.5 Å². The lowest BCUT2D eigenvalue weighted by Gasteiger charge is -2.12. The van der Waals surface area contributed by atoms with Gasteiger partial charge in [0.1, 0.15) is 5.82 Å². The fourth-order valence-corrected chi connectivity index (χ4v) is 2.67. The maximum atomic E-state index is 12.6. The summed E-state index contributed by atoms with van der Waals surface area (Å²) in [5.74, 6) is 0.679. The van der Waals surface area contributed by atoms with E-state index in [1.54, 1.807) is 4.57 Å². The summed E-state index contributed by atoms with van der Waals surface area (Å²) in [5.41, 5.74) is 2.97. The Morgan fingerprint density at radius 2 is 1.75 bits per heavy atom. The number of para-hydroxylation sites is 1. The lowest BCUT2D eigenvalue weighted by Crippen LogP contribution is -2.22. The first kappa shape index (κ1) is 16.0. The zero-order valence-electron chi connectivity index (χ0n) is 14.2. The predicted molar refractivity (Wildman–Crippen MR) is 101 cm³/mol. The number of fused-ring (bicyclic) bond motifs is 1. The molecule has 0 atom stereocenters. The van der Waals surface area contributed by atoms with Crippen LogP contribution in [0.4, 0.5) is 5.69 Å². The van der Waals surface area contributed by atoms with Crippen LogP contribution in [0.15, 0.2) is 53.3 Å². The highest BCUT2D eigenvalue weighted by Gasteiger charge is 2.07. The molecule has 0 radical (unpaired) electrons. The van der Waals surface area contributed by atoms with E-state index in [9.17, 15) is 4.79 Å². The molecule has 0 amide bonds. The van der Waals surface area contributed by atoms with E-state index in [0.29, 0.717) is 17.8 Å². The van der Waals surface area contributed by atoms with Crippen LogP contribution in [0.5, 0.6) is 0 Å². The van der Waals surface area contributed by atoms with Crippen molar-refractivity contribution in [2.24, 2.45) is 0 Å². The molecule has 0 fully saturated rings. The van der Waals surface area contributed by atoms with Gasteiger partial charge in [-0.15, -0.1) is 0 Å². The Kier molecular flexibility index (Phi) is 4.47. The summed E-state index contributed by atoms with van der Waals surface area (Å²) in [4.78, 5) is 19.3. The number of aromatic nitrogens is 2. The van der Waals surface area contributed by atoms with Crippen LogP contribution >= 0.6 is 0 Å². The Labute approximate surface area is 141 Å². The minimum absolute atomic E-state index is 0.00528. The highest BCUT2D eigenvalue weighted by atomic mass is 16.1. The molecule has 0 N–H and O–H groups in total. The summed E-state index contributed by atoms with van der Waals surface area (Å²) in [6, 6.07) is 15.7. The van der Waals surface area contributed by atoms with Crippen LogP contribution in [-0.4, -0.2) is 23.6 Å². The topological polar surface area (TPSA) is 38.1 Å². The smallest absolute Gasteiger partial charge is 0.261 e. The SMILES string of the molecule is CCn1c(C=Cc2ccc(N(C)C)cc2)nc2ccccc2c1=O. The van der Waals surface area contributed by atoms with E-state index < -0.39 is 0 Å². The second-order valence-corrected chi connectivity index (χ2v) is 5.86. The van der Waals surface area contributed by atoms with Gasteiger partial charge in [-0.3, -0.25) is 9.36 Å². The first-order valence-corrected chi connectivity index (χ1v) is 8.05. The fraction of sp³-hybridized carbons (Fsp3) is 0.200. The molecular formula is C20H21N3O. The number of hydrogen-bond acceptors (Lipinski definition) is 3. The zero-order chi connectivity index (χ0) is 17.1. The minimum atomic E-state index is 0.00528. The predicted octanol–water partition coefficient (Wildman–Crippen LogP) is 3.65. The average Bonchev–Trinajstić information content (AvgIpc) is 2.60. The average molecular weight is 319 g/mol. The summed E-state index contributed by atoms with van der Waals surface area (Å²) >= 11 is 0. The standard InChI is InChI=1S/C20H21N3O/c1-4-23-19(21-18-8-6-5-7-17(18)20(23)24)14-11-15-9-12-16(13-10-15)22(2)3/h5-14H,4H2,1-3H3. The van der Waals surface area contributed by atoms with Gasteiger partial charge in [-0.05, 0) is 42.8 Å². The van der Waals surface area contributed by atoms with Crippen molar-refractivity contribution in [1.29, 1.82) is 0 Å². The Hall–Kier alpha value is -2.88. The van der Waals surface area contributed by atoms with Crippen molar-refractivity contribution in [1.82, 2.24) is 9.55 Å². The molecule has 2 aromatic carbocycles. The van der Waals surface area contributed by atoms with Crippen LogP contribution in [0.1, 0.15) is 18.3 Å². The highest BCUT2D eigenvalue weighted by molar-refractivity contribution is 5.79. The van der Waals surface area contributed by atoms with Crippen molar-refractivity contribution in [3.8, 4) is 0 Å². The highest BCUT2D eigenvalue weighted by Crippen LogP contribution is 2.15.